The molecule has 1 saturated heterocycles. The van der Waals surface area contributed by atoms with E-state index in [1.54, 1.807) is 12.1 Å². The van der Waals surface area contributed by atoms with Gasteiger partial charge in [0.15, 0.2) is 0 Å². The summed E-state index contributed by atoms with van der Waals surface area (Å²) in [4.78, 5) is 47.8. The predicted molar refractivity (Wildman–Crippen MR) is 103 cm³/mol. The van der Waals surface area contributed by atoms with Gasteiger partial charge in [0.05, 0.1) is 6.42 Å². The van der Waals surface area contributed by atoms with Crippen molar-refractivity contribution in [3.63, 3.8) is 0 Å². The summed E-state index contributed by atoms with van der Waals surface area (Å²) >= 11 is 0. The van der Waals surface area contributed by atoms with Crippen LogP contribution >= 0.6 is 0 Å². The number of carbonyl (C=O) groups excluding carboxylic acids is 4. The molecule has 3 rings (SSSR count). The van der Waals surface area contributed by atoms with Crippen LogP contribution in [0.4, 0.5) is 27.6 Å². The molecule has 0 radical (unpaired) electrons. The fourth-order valence-electron chi connectivity index (χ4n) is 2.80. The van der Waals surface area contributed by atoms with Crippen LogP contribution in [0.3, 0.4) is 0 Å². The molecule has 0 spiro atoms. The van der Waals surface area contributed by atoms with Gasteiger partial charge in [-0.05, 0) is 17.7 Å². The Kier molecular flexibility index (Phi) is 7.56. The Morgan fingerprint density at radius 1 is 0.882 bits per heavy atom. The second-order valence-electron chi connectivity index (χ2n) is 6.98. The summed E-state index contributed by atoms with van der Waals surface area (Å²) in [7, 11) is 0. The van der Waals surface area contributed by atoms with Crippen molar-refractivity contribution in [2.24, 2.45) is 0 Å². The first kappa shape index (κ1) is 24.8. The third kappa shape index (κ3) is 5.54. The lowest BCUT2D eigenvalue weighted by Gasteiger charge is -2.28. The summed E-state index contributed by atoms with van der Waals surface area (Å²) in [6.45, 7) is -1.34. The zero-order valence-electron chi connectivity index (χ0n) is 17.1. The highest BCUT2D eigenvalue weighted by atomic mass is 19.2. The van der Waals surface area contributed by atoms with Crippen LogP contribution in [0.5, 0.6) is 5.75 Å². The van der Waals surface area contributed by atoms with Gasteiger partial charge in [0.1, 0.15) is 13.2 Å². The molecule has 1 N–H and O–H groups in total. The van der Waals surface area contributed by atoms with Crippen molar-refractivity contribution in [2.75, 3.05) is 25.1 Å². The zero-order valence-corrected chi connectivity index (χ0v) is 17.1. The Balaban J connectivity index is 1.44. The van der Waals surface area contributed by atoms with Crippen molar-refractivity contribution in [3.8, 4) is 5.75 Å². The van der Waals surface area contributed by atoms with Crippen LogP contribution in [0, 0.1) is 29.1 Å². The molecule has 0 aromatic heterocycles. The molecule has 180 valence electrons. The summed E-state index contributed by atoms with van der Waals surface area (Å²) in [5, 5.41) is 2.41. The van der Waals surface area contributed by atoms with Crippen LogP contribution in [0.2, 0.25) is 0 Å². The Labute approximate surface area is 188 Å². The topological polar surface area (TPSA) is 102 Å². The Hall–Kier alpha value is -3.87. The van der Waals surface area contributed by atoms with Crippen LogP contribution < -0.4 is 10.1 Å². The van der Waals surface area contributed by atoms with E-state index in [2.05, 4.69) is 10.1 Å². The smallest absolute Gasteiger partial charge is 0.337 e. The van der Waals surface area contributed by atoms with E-state index >= 15 is 0 Å². The lowest BCUT2D eigenvalue weighted by molar-refractivity contribution is -0.152. The summed E-state index contributed by atoms with van der Waals surface area (Å²) < 4.78 is 75.0. The summed E-state index contributed by atoms with van der Waals surface area (Å²) in [5.74, 6) is -16.2. The second kappa shape index (κ2) is 10.4. The number of imide groups is 1. The number of anilines is 1. The molecule has 0 atom stereocenters. The van der Waals surface area contributed by atoms with E-state index in [0.29, 0.717) is 24.2 Å². The first-order chi connectivity index (χ1) is 16.1. The number of esters is 1. The lowest BCUT2D eigenvalue weighted by Crippen LogP contribution is -2.48. The normalized spacial score (nSPS) is 12.9. The molecule has 2 aromatic rings. The van der Waals surface area contributed by atoms with Gasteiger partial charge in [0, 0.05) is 18.7 Å². The summed E-state index contributed by atoms with van der Waals surface area (Å²) in [6, 6.07) is 6.08. The van der Waals surface area contributed by atoms with E-state index in [0.717, 1.165) is 4.90 Å². The van der Waals surface area contributed by atoms with Gasteiger partial charge < -0.3 is 14.8 Å². The molecule has 1 aliphatic heterocycles. The molecular weight excluding hydrogens is 471 g/mol. The lowest BCUT2D eigenvalue weighted by atomic mass is 10.1. The Morgan fingerprint density at radius 2 is 1.47 bits per heavy atom. The van der Waals surface area contributed by atoms with Gasteiger partial charge in [0.2, 0.25) is 52.6 Å². The zero-order chi connectivity index (χ0) is 25.0. The van der Waals surface area contributed by atoms with Crippen molar-refractivity contribution in [2.45, 2.75) is 12.8 Å². The van der Waals surface area contributed by atoms with Gasteiger partial charge in [-0.1, -0.05) is 12.1 Å². The van der Waals surface area contributed by atoms with Gasteiger partial charge >= 0.3 is 5.97 Å². The highest BCUT2D eigenvalue weighted by Gasteiger charge is 2.30. The number of rotatable bonds is 8. The van der Waals surface area contributed by atoms with E-state index in [-0.39, 0.29) is 18.2 Å². The Morgan fingerprint density at radius 3 is 2.00 bits per heavy atom. The van der Waals surface area contributed by atoms with Gasteiger partial charge in [-0.3, -0.25) is 19.3 Å². The molecule has 0 saturated carbocycles. The third-order valence-corrected chi connectivity index (χ3v) is 4.58. The molecule has 3 amide bonds. The molecule has 0 aliphatic carbocycles. The summed E-state index contributed by atoms with van der Waals surface area (Å²) in [6.07, 6.45) is 0.349. The molecule has 13 heteroatoms. The minimum absolute atomic E-state index is 0.00817. The first-order valence-electron chi connectivity index (χ1n) is 9.60. The maximum absolute atomic E-state index is 13.5. The van der Waals surface area contributed by atoms with Crippen molar-refractivity contribution in [3.05, 3.63) is 58.9 Å². The number of hydrogen-bond donors (Lipinski definition) is 1. The molecular formula is C21H15F5N2O6. The molecule has 8 nitrogen and oxygen atoms in total. The molecule has 2 aromatic carbocycles. The predicted octanol–water partition coefficient (Wildman–Crippen LogP) is 2.24. The molecule has 34 heavy (non-hydrogen) atoms. The quantitative estimate of drug-likeness (QED) is 0.153. The van der Waals surface area contributed by atoms with E-state index in [1.807, 2.05) is 0 Å². The van der Waals surface area contributed by atoms with Crippen LogP contribution in [0.25, 0.3) is 0 Å². The number of nitrogens with zero attached hydrogens (tertiary/aromatic N) is 1. The van der Waals surface area contributed by atoms with E-state index in [1.165, 1.54) is 12.1 Å². The largest absolute Gasteiger partial charge is 0.418 e. The van der Waals surface area contributed by atoms with Gasteiger partial charge in [-0.2, -0.15) is 8.78 Å². The van der Waals surface area contributed by atoms with Crippen molar-refractivity contribution < 1.29 is 50.6 Å². The molecule has 0 unspecified atom stereocenters. The minimum atomic E-state index is -2.41. The molecule has 1 heterocycles. The minimum Gasteiger partial charge on any atom is -0.418 e. The molecule has 1 aliphatic rings. The van der Waals surface area contributed by atoms with Gasteiger partial charge in [0.25, 0.3) is 0 Å². The number of ether oxygens (including phenoxy) is 2. The highest BCUT2D eigenvalue weighted by molar-refractivity contribution is 6.00. The van der Waals surface area contributed by atoms with Crippen molar-refractivity contribution in [1.29, 1.82) is 0 Å². The summed E-state index contributed by atoms with van der Waals surface area (Å²) in [5.41, 5.74) is 0.920. The fraction of sp³-hybridized carbons (Fsp3) is 0.238. The number of likely N-dealkylation sites (tertiary alicyclic amines) is 1. The van der Waals surface area contributed by atoms with Crippen molar-refractivity contribution >= 4 is 29.4 Å². The van der Waals surface area contributed by atoms with Crippen LogP contribution in [-0.2, 0) is 30.3 Å². The monoisotopic (exact) mass is 486 g/mol. The average Bonchev–Trinajstić information content (AvgIpc) is 2.79. The maximum atomic E-state index is 13.5. The fourth-order valence-corrected chi connectivity index (χ4v) is 2.80. The van der Waals surface area contributed by atoms with Gasteiger partial charge in [-0.25, -0.2) is 18.0 Å². The number of carbonyl (C=O) groups is 4. The Bertz CT molecular complexity index is 1130. The maximum Gasteiger partial charge on any atom is 0.337 e. The second-order valence-corrected chi connectivity index (χ2v) is 6.98. The van der Waals surface area contributed by atoms with E-state index in [4.69, 9.17) is 4.74 Å². The first-order valence-corrected chi connectivity index (χ1v) is 9.60. The van der Waals surface area contributed by atoms with Crippen molar-refractivity contribution in [1.82, 2.24) is 4.90 Å². The number of benzene rings is 2. The number of β-lactam (4-membered cyclic amide) rings is 1. The van der Waals surface area contributed by atoms with E-state index in [9.17, 15) is 41.1 Å². The number of amides is 3. The molecule has 1 fully saturated rings. The highest BCUT2D eigenvalue weighted by Crippen LogP contribution is 2.29. The number of halogens is 5. The molecule has 0 bridgehead atoms. The van der Waals surface area contributed by atoms with Gasteiger partial charge in [-0.15, -0.1) is 0 Å². The number of hydrogen-bond acceptors (Lipinski definition) is 6. The van der Waals surface area contributed by atoms with E-state index < -0.39 is 59.9 Å². The average molecular weight is 486 g/mol. The SMILES string of the molecule is O=C(COCC(=O)Oc1c(F)c(F)c(F)c(F)c1F)Nc1ccc(CC(=O)N2CCC2=O)cc1. The van der Waals surface area contributed by atoms with Crippen LogP contribution in [0.1, 0.15) is 12.0 Å². The van der Waals surface area contributed by atoms with Crippen LogP contribution in [-0.4, -0.2) is 48.3 Å². The van der Waals surface area contributed by atoms with Crippen LogP contribution in [0.15, 0.2) is 24.3 Å². The number of nitrogens with one attached hydrogen (secondary N) is 1. The third-order valence-electron chi connectivity index (χ3n) is 4.58. The standard InChI is InChI=1S/C21H15F5N2O6/c22-16-17(23)19(25)21(20(26)18(16)24)34-15(32)9-33-8-12(29)27-11-3-1-10(2-4-11)7-14(31)28-6-5-13(28)30/h1-4H,5-9H2,(H,27,29).